The third-order valence-corrected chi connectivity index (χ3v) is 3.98. The average molecular weight is 293 g/mol. The smallest absolute Gasteiger partial charge is 0.0772 e. The number of rotatable bonds is 8. The Kier molecular flexibility index (Phi) is 7.00. The topological polar surface area (TPSA) is 39.7 Å². The van der Waals surface area contributed by atoms with Crippen molar-refractivity contribution in [2.45, 2.75) is 44.4 Å². The molecule has 1 fully saturated rings. The van der Waals surface area contributed by atoms with E-state index in [-0.39, 0.29) is 0 Å². The number of hydrogen-bond acceptors (Lipinski definition) is 4. The summed E-state index contributed by atoms with van der Waals surface area (Å²) < 4.78 is 16.1. The van der Waals surface area contributed by atoms with E-state index >= 15 is 0 Å². The number of ether oxygens (including phenoxy) is 3. The van der Waals surface area contributed by atoms with Gasteiger partial charge in [-0.1, -0.05) is 25.0 Å². The fourth-order valence-corrected chi connectivity index (χ4v) is 2.84. The minimum atomic E-state index is 0.320. The first kappa shape index (κ1) is 16.3. The molecule has 2 atom stereocenters. The lowest BCUT2D eigenvalue weighted by atomic mass is 9.92. The maximum absolute atomic E-state index is 5.60. The summed E-state index contributed by atoms with van der Waals surface area (Å²) in [6.45, 7) is 1.88. The number of methoxy groups -OCH3 is 2. The Hall–Kier alpha value is -1.10. The van der Waals surface area contributed by atoms with Crippen LogP contribution in [0.25, 0.3) is 0 Å². The van der Waals surface area contributed by atoms with Gasteiger partial charge in [0.1, 0.15) is 0 Å². The molecule has 1 aromatic rings. The van der Waals surface area contributed by atoms with Gasteiger partial charge in [-0.2, -0.15) is 0 Å². The van der Waals surface area contributed by atoms with Gasteiger partial charge in [0.2, 0.25) is 0 Å². The highest BCUT2D eigenvalue weighted by Crippen LogP contribution is 2.24. The number of hydrogen-bond donors (Lipinski definition) is 1. The summed E-state index contributed by atoms with van der Waals surface area (Å²) in [4.78, 5) is 0. The van der Waals surface area contributed by atoms with Crippen molar-refractivity contribution in [1.82, 2.24) is 0 Å². The predicted octanol–water partition coefficient (Wildman–Crippen LogP) is 3.22. The molecule has 0 radical (unpaired) electrons. The summed E-state index contributed by atoms with van der Waals surface area (Å²) in [6.07, 6.45) is 5.18. The molecule has 2 rings (SSSR count). The molecule has 0 heterocycles. The van der Waals surface area contributed by atoms with Crippen LogP contribution in [0.3, 0.4) is 0 Å². The van der Waals surface area contributed by atoms with Gasteiger partial charge in [0.05, 0.1) is 32.0 Å². The van der Waals surface area contributed by atoms with E-state index in [1.165, 1.54) is 24.8 Å². The highest BCUT2D eigenvalue weighted by molar-refractivity contribution is 5.46. The van der Waals surface area contributed by atoms with Gasteiger partial charge in [-0.05, 0) is 30.5 Å². The van der Waals surface area contributed by atoms with Crippen LogP contribution >= 0.6 is 0 Å². The first-order valence-electron chi connectivity index (χ1n) is 7.78. The standard InChI is InChI=1S/C17H27NO3/c1-19-10-11-21-13-14-6-5-7-15(12-14)18-16-8-3-4-9-17(16)20-2/h5-7,12,16-18H,3-4,8-11,13H2,1-2H3. The van der Waals surface area contributed by atoms with Gasteiger partial charge in [0.15, 0.2) is 0 Å². The van der Waals surface area contributed by atoms with Gasteiger partial charge in [-0.15, -0.1) is 0 Å². The van der Waals surface area contributed by atoms with Gasteiger partial charge in [-0.3, -0.25) is 0 Å². The van der Waals surface area contributed by atoms with E-state index in [2.05, 4.69) is 29.6 Å². The van der Waals surface area contributed by atoms with Crippen molar-refractivity contribution >= 4 is 5.69 Å². The minimum absolute atomic E-state index is 0.320. The Morgan fingerprint density at radius 2 is 2.00 bits per heavy atom. The van der Waals surface area contributed by atoms with Crippen molar-refractivity contribution in [2.75, 3.05) is 32.8 Å². The van der Waals surface area contributed by atoms with E-state index in [4.69, 9.17) is 14.2 Å². The van der Waals surface area contributed by atoms with Crippen molar-refractivity contribution in [3.63, 3.8) is 0 Å². The molecule has 1 aliphatic rings. The van der Waals surface area contributed by atoms with Crippen LogP contribution in [0.1, 0.15) is 31.2 Å². The van der Waals surface area contributed by atoms with Gasteiger partial charge in [-0.25, -0.2) is 0 Å². The van der Waals surface area contributed by atoms with Crippen LogP contribution in [0.4, 0.5) is 5.69 Å². The van der Waals surface area contributed by atoms with E-state index in [0.717, 1.165) is 12.1 Å². The first-order valence-corrected chi connectivity index (χ1v) is 7.78. The quantitative estimate of drug-likeness (QED) is 0.747. The van der Waals surface area contributed by atoms with Crippen molar-refractivity contribution < 1.29 is 14.2 Å². The second-order valence-electron chi connectivity index (χ2n) is 5.56. The largest absolute Gasteiger partial charge is 0.382 e. The third-order valence-electron chi connectivity index (χ3n) is 3.98. The fraction of sp³-hybridized carbons (Fsp3) is 0.647. The van der Waals surface area contributed by atoms with Crippen molar-refractivity contribution in [3.8, 4) is 0 Å². The van der Waals surface area contributed by atoms with Crippen molar-refractivity contribution in [3.05, 3.63) is 29.8 Å². The molecule has 0 aromatic heterocycles. The van der Waals surface area contributed by atoms with Gasteiger partial charge in [0.25, 0.3) is 0 Å². The molecule has 1 aliphatic carbocycles. The molecule has 118 valence electrons. The minimum Gasteiger partial charge on any atom is -0.382 e. The summed E-state index contributed by atoms with van der Waals surface area (Å²) >= 11 is 0. The Morgan fingerprint density at radius 3 is 2.81 bits per heavy atom. The number of nitrogens with one attached hydrogen (secondary N) is 1. The summed E-state index contributed by atoms with van der Waals surface area (Å²) in [5.41, 5.74) is 2.33. The Labute approximate surface area is 127 Å². The molecule has 0 spiro atoms. The molecular weight excluding hydrogens is 266 g/mol. The molecular formula is C17H27NO3. The lowest BCUT2D eigenvalue weighted by Crippen LogP contribution is -2.37. The summed E-state index contributed by atoms with van der Waals surface area (Å²) in [5.74, 6) is 0. The van der Waals surface area contributed by atoms with Gasteiger partial charge in [0, 0.05) is 19.9 Å². The van der Waals surface area contributed by atoms with E-state index in [0.29, 0.717) is 32.0 Å². The highest BCUT2D eigenvalue weighted by Gasteiger charge is 2.24. The molecule has 1 saturated carbocycles. The van der Waals surface area contributed by atoms with Crippen molar-refractivity contribution in [2.24, 2.45) is 0 Å². The summed E-state index contributed by atoms with van der Waals surface area (Å²) in [5, 5.41) is 3.62. The monoisotopic (exact) mass is 293 g/mol. The SMILES string of the molecule is COCCOCc1cccc(NC2CCCCC2OC)c1. The molecule has 0 bridgehead atoms. The van der Waals surface area contributed by atoms with Gasteiger partial charge < -0.3 is 19.5 Å². The highest BCUT2D eigenvalue weighted by atomic mass is 16.5. The van der Waals surface area contributed by atoms with Crippen LogP contribution in [0.5, 0.6) is 0 Å². The second kappa shape index (κ2) is 9.03. The van der Waals surface area contributed by atoms with Crippen molar-refractivity contribution in [1.29, 1.82) is 0 Å². The lowest BCUT2D eigenvalue weighted by Gasteiger charge is -2.31. The molecule has 0 amide bonds. The second-order valence-corrected chi connectivity index (χ2v) is 5.56. The zero-order valence-corrected chi connectivity index (χ0v) is 13.1. The zero-order valence-electron chi connectivity index (χ0n) is 13.1. The summed E-state index contributed by atoms with van der Waals surface area (Å²) in [6, 6.07) is 8.84. The first-order chi connectivity index (χ1) is 10.3. The Morgan fingerprint density at radius 1 is 1.14 bits per heavy atom. The van der Waals surface area contributed by atoms with Crippen LogP contribution < -0.4 is 5.32 Å². The number of benzene rings is 1. The van der Waals surface area contributed by atoms with E-state index in [1.54, 1.807) is 7.11 Å². The van der Waals surface area contributed by atoms with Crippen LogP contribution in [0, 0.1) is 0 Å². The molecule has 4 nitrogen and oxygen atoms in total. The van der Waals surface area contributed by atoms with Crippen LogP contribution in [0.15, 0.2) is 24.3 Å². The Bertz CT molecular complexity index is 411. The van der Waals surface area contributed by atoms with E-state index in [9.17, 15) is 0 Å². The molecule has 1 aromatic carbocycles. The molecule has 0 aliphatic heterocycles. The maximum Gasteiger partial charge on any atom is 0.0772 e. The zero-order chi connectivity index (χ0) is 14.9. The molecule has 1 N–H and O–H groups in total. The third kappa shape index (κ3) is 5.30. The normalized spacial score (nSPS) is 22.2. The van der Waals surface area contributed by atoms with Gasteiger partial charge >= 0.3 is 0 Å². The van der Waals surface area contributed by atoms with E-state index < -0.39 is 0 Å². The molecule has 2 unspecified atom stereocenters. The lowest BCUT2D eigenvalue weighted by molar-refractivity contribution is 0.0603. The fourth-order valence-electron chi connectivity index (χ4n) is 2.84. The van der Waals surface area contributed by atoms with Crippen LogP contribution in [-0.4, -0.2) is 39.6 Å². The van der Waals surface area contributed by atoms with E-state index in [1.807, 2.05) is 7.11 Å². The Balaban J connectivity index is 1.87. The maximum atomic E-state index is 5.60. The molecule has 21 heavy (non-hydrogen) atoms. The predicted molar refractivity (Wildman–Crippen MR) is 84.6 cm³/mol. The molecule has 4 heteroatoms. The molecule has 0 saturated heterocycles. The number of anilines is 1. The average Bonchev–Trinajstić information content (AvgIpc) is 2.52. The van der Waals surface area contributed by atoms with Crippen LogP contribution in [-0.2, 0) is 20.8 Å². The summed E-state index contributed by atoms with van der Waals surface area (Å²) in [7, 11) is 3.50. The van der Waals surface area contributed by atoms with Crippen LogP contribution in [0.2, 0.25) is 0 Å².